The smallest absolute Gasteiger partial charge is 0.334 e. The van der Waals surface area contributed by atoms with Crippen LogP contribution in [0.3, 0.4) is 0 Å². The Morgan fingerprint density at radius 2 is 2.17 bits per heavy atom. The van der Waals surface area contributed by atoms with Crippen molar-refractivity contribution in [2.24, 2.45) is 7.05 Å². The maximum Gasteiger partial charge on any atom is 0.334 e. The van der Waals surface area contributed by atoms with E-state index in [-0.39, 0.29) is 12.2 Å². The van der Waals surface area contributed by atoms with Gasteiger partial charge in [-0.3, -0.25) is 9.36 Å². The molecule has 0 fully saturated rings. The zero-order valence-corrected chi connectivity index (χ0v) is 10.2. The van der Waals surface area contributed by atoms with Crippen LogP contribution in [0.5, 0.6) is 0 Å². The Morgan fingerprint density at radius 1 is 1.39 bits per heavy atom. The number of nitrogens with zero attached hydrogens (tertiary/aromatic N) is 3. The van der Waals surface area contributed by atoms with E-state index in [1.165, 1.54) is 10.9 Å². The monoisotopic (exact) mass is 254 g/mol. The van der Waals surface area contributed by atoms with Crippen LogP contribution in [0.4, 0.5) is 0 Å². The third kappa shape index (κ3) is 2.07. The molecule has 2 rings (SSSR count). The number of hydrogen-bond donors (Lipinski definition) is 1. The van der Waals surface area contributed by atoms with Gasteiger partial charge < -0.3 is 14.5 Å². The number of imidazole rings is 1. The Bertz CT molecular complexity index is 654. The van der Waals surface area contributed by atoms with Crippen LogP contribution in [0.25, 0.3) is 11.2 Å². The normalized spacial score (nSPS) is 11.2. The molecule has 18 heavy (non-hydrogen) atoms. The van der Waals surface area contributed by atoms with Gasteiger partial charge in [0, 0.05) is 14.2 Å². The van der Waals surface area contributed by atoms with E-state index in [9.17, 15) is 9.59 Å². The first kappa shape index (κ1) is 12.5. The molecule has 98 valence electrons. The first-order valence-electron chi connectivity index (χ1n) is 5.36. The van der Waals surface area contributed by atoms with Crippen molar-refractivity contribution in [3.8, 4) is 0 Å². The molecule has 0 bridgehead atoms. The second kappa shape index (κ2) is 5.15. The van der Waals surface area contributed by atoms with Gasteiger partial charge in [-0.2, -0.15) is 0 Å². The van der Waals surface area contributed by atoms with E-state index in [0.717, 1.165) is 4.57 Å². The molecule has 0 amide bonds. The van der Waals surface area contributed by atoms with Crippen molar-refractivity contribution >= 4 is 11.2 Å². The summed E-state index contributed by atoms with van der Waals surface area (Å²) in [5, 5.41) is 0. The summed E-state index contributed by atoms with van der Waals surface area (Å²) >= 11 is 0. The molecule has 0 spiro atoms. The third-order valence-corrected chi connectivity index (χ3v) is 2.57. The van der Waals surface area contributed by atoms with Gasteiger partial charge in [-0.1, -0.05) is 0 Å². The number of ether oxygens (including phenoxy) is 2. The van der Waals surface area contributed by atoms with E-state index in [1.807, 2.05) is 0 Å². The summed E-state index contributed by atoms with van der Waals surface area (Å²) in [7, 11) is 3.10. The van der Waals surface area contributed by atoms with Gasteiger partial charge in [-0.25, -0.2) is 14.3 Å². The highest BCUT2D eigenvalue weighted by Crippen LogP contribution is 1.98. The number of H-pyrrole nitrogens is 1. The van der Waals surface area contributed by atoms with E-state index < -0.39 is 11.2 Å². The highest BCUT2D eigenvalue weighted by molar-refractivity contribution is 5.68. The first-order chi connectivity index (χ1) is 8.66. The quantitative estimate of drug-likeness (QED) is 0.694. The standard InChI is InChI=1S/C10H14N4O4/c1-13-8-7(11-5-12-8)9(15)14(10(13)16)6-18-4-3-17-2/h5H,3-4,6H2,1-2H3,(H,11,12). The van der Waals surface area contributed by atoms with E-state index in [4.69, 9.17) is 9.47 Å². The molecule has 8 nitrogen and oxygen atoms in total. The number of methoxy groups -OCH3 is 1. The molecule has 2 aromatic heterocycles. The van der Waals surface area contributed by atoms with Crippen LogP contribution < -0.4 is 11.2 Å². The lowest BCUT2D eigenvalue weighted by molar-refractivity contribution is 0.0305. The van der Waals surface area contributed by atoms with E-state index >= 15 is 0 Å². The SMILES string of the molecule is COCCOCn1c(=O)c2[nH]cnc2n(C)c1=O. The highest BCUT2D eigenvalue weighted by Gasteiger charge is 2.12. The second-order valence-electron chi connectivity index (χ2n) is 3.71. The molecule has 0 atom stereocenters. The molecule has 0 unspecified atom stereocenters. The minimum atomic E-state index is -0.461. The van der Waals surface area contributed by atoms with Crippen LogP contribution >= 0.6 is 0 Å². The van der Waals surface area contributed by atoms with E-state index in [0.29, 0.717) is 18.9 Å². The van der Waals surface area contributed by atoms with Gasteiger partial charge in [0.05, 0.1) is 19.5 Å². The summed E-state index contributed by atoms with van der Waals surface area (Å²) in [5.74, 6) is 0. The lowest BCUT2D eigenvalue weighted by atomic mass is 10.5. The van der Waals surface area contributed by atoms with Crippen molar-refractivity contribution < 1.29 is 9.47 Å². The Kier molecular flexibility index (Phi) is 3.58. The maximum atomic E-state index is 12.0. The van der Waals surface area contributed by atoms with Gasteiger partial charge in [-0.15, -0.1) is 0 Å². The highest BCUT2D eigenvalue weighted by atomic mass is 16.5. The number of fused-ring (bicyclic) bond motifs is 1. The summed E-state index contributed by atoms with van der Waals surface area (Å²) in [6, 6.07) is 0. The van der Waals surface area contributed by atoms with Gasteiger partial charge in [0.25, 0.3) is 5.56 Å². The van der Waals surface area contributed by atoms with Crippen molar-refractivity contribution in [3.05, 3.63) is 27.2 Å². The van der Waals surface area contributed by atoms with Gasteiger partial charge >= 0.3 is 5.69 Å². The molecular formula is C10H14N4O4. The maximum absolute atomic E-state index is 12.0. The van der Waals surface area contributed by atoms with Crippen molar-refractivity contribution in [2.75, 3.05) is 20.3 Å². The van der Waals surface area contributed by atoms with E-state index in [1.54, 1.807) is 14.2 Å². The zero-order chi connectivity index (χ0) is 13.1. The van der Waals surface area contributed by atoms with Crippen molar-refractivity contribution in [3.63, 3.8) is 0 Å². The molecule has 0 aromatic carbocycles. The molecule has 0 aliphatic carbocycles. The molecule has 0 aliphatic rings. The van der Waals surface area contributed by atoms with Gasteiger partial charge in [0.15, 0.2) is 5.65 Å². The molecule has 8 heteroatoms. The predicted octanol–water partition coefficient (Wildman–Crippen LogP) is -0.956. The lowest BCUT2D eigenvalue weighted by Crippen LogP contribution is -2.39. The summed E-state index contributed by atoms with van der Waals surface area (Å²) in [6.45, 7) is 0.609. The largest absolute Gasteiger partial charge is 0.382 e. The molecular weight excluding hydrogens is 240 g/mol. The predicted molar refractivity (Wildman–Crippen MR) is 63.4 cm³/mol. The number of rotatable bonds is 5. The topological polar surface area (TPSA) is 91.1 Å². The fourth-order valence-electron chi connectivity index (χ4n) is 1.60. The minimum absolute atomic E-state index is 0.107. The van der Waals surface area contributed by atoms with Crippen molar-refractivity contribution in [1.29, 1.82) is 0 Å². The van der Waals surface area contributed by atoms with Crippen LogP contribution in [0, 0.1) is 0 Å². The van der Waals surface area contributed by atoms with Crippen LogP contribution in [0.1, 0.15) is 0 Å². The molecule has 0 aliphatic heterocycles. The van der Waals surface area contributed by atoms with Crippen molar-refractivity contribution in [2.45, 2.75) is 6.73 Å². The number of aromatic nitrogens is 4. The second-order valence-corrected chi connectivity index (χ2v) is 3.71. The average Bonchev–Trinajstić information content (AvgIpc) is 2.85. The van der Waals surface area contributed by atoms with Crippen molar-refractivity contribution in [1.82, 2.24) is 19.1 Å². The summed E-state index contributed by atoms with van der Waals surface area (Å²) in [4.78, 5) is 30.6. The average molecular weight is 254 g/mol. The van der Waals surface area contributed by atoms with Crippen LogP contribution in [-0.2, 0) is 23.3 Å². The summed E-state index contributed by atoms with van der Waals surface area (Å²) < 4.78 is 12.3. The van der Waals surface area contributed by atoms with Crippen LogP contribution in [-0.4, -0.2) is 39.4 Å². The third-order valence-electron chi connectivity index (χ3n) is 2.57. The molecule has 0 radical (unpaired) electrons. The number of aryl methyl sites for hydroxylation is 1. The summed E-state index contributed by atoms with van der Waals surface area (Å²) in [5.41, 5.74) is -0.286. The molecule has 2 aromatic rings. The Hall–Kier alpha value is -1.93. The fourth-order valence-corrected chi connectivity index (χ4v) is 1.60. The molecule has 1 N–H and O–H groups in total. The lowest BCUT2D eigenvalue weighted by Gasteiger charge is -2.08. The Balaban J connectivity index is 2.38. The van der Waals surface area contributed by atoms with E-state index in [2.05, 4.69) is 9.97 Å². The van der Waals surface area contributed by atoms with Gasteiger partial charge in [-0.05, 0) is 0 Å². The Morgan fingerprint density at radius 3 is 2.89 bits per heavy atom. The Labute approximate surface area is 102 Å². The van der Waals surface area contributed by atoms with Gasteiger partial charge in [0.2, 0.25) is 0 Å². The molecule has 2 heterocycles. The van der Waals surface area contributed by atoms with Crippen LogP contribution in [0.2, 0.25) is 0 Å². The minimum Gasteiger partial charge on any atom is -0.382 e. The van der Waals surface area contributed by atoms with Gasteiger partial charge in [0.1, 0.15) is 12.2 Å². The number of hydrogen-bond acceptors (Lipinski definition) is 5. The molecule has 0 saturated heterocycles. The first-order valence-corrected chi connectivity index (χ1v) is 5.36. The zero-order valence-electron chi connectivity index (χ0n) is 10.2. The number of aromatic amines is 1. The number of nitrogens with one attached hydrogen (secondary N) is 1. The fraction of sp³-hybridized carbons (Fsp3) is 0.500. The van der Waals surface area contributed by atoms with Crippen LogP contribution in [0.15, 0.2) is 15.9 Å². The summed E-state index contributed by atoms with van der Waals surface area (Å²) in [6.07, 6.45) is 1.38. The molecule has 0 saturated carbocycles.